The zero-order valence-electron chi connectivity index (χ0n) is 21.6. The third-order valence-corrected chi connectivity index (χ3v) is 8.62. The van der Waals surface area contributed by atoms with Crippen LogP contribution in [0.5, 0.6) is 0 Å². The standard InChI is InChI=1S/C28H40N6O2/c1-3-32-24(16-19-11-12-20(26(29)30)17-25(19)32)18(2)22-9-6-14-33(22)28(36)23-10-7-15-34(23)27(35)21-8-4-5-13-31-21/h11-12,16-18,21-23,31H,3-10,13-15H2,1-2H3,(H3,29,30)/t18?,21?,22-,23+/m0/s1. The van der Waals surface area contributed by atoms with Crippen molar-refractivity contribution in [1.82, 2.24) is 19.7 Å². The highest BCUT2D eigenvalue weighted by Crippen LogP contribution is 2.36. The van der Waals surface area contributed by atoms with Crippen LogP contribution in [0, 0.1) is 5.41 Å². The first-order valence-electron chi connectivity index (χ1n) is 13.7. The number of likely N-dealkylation sites (tertiary alicyclic amines) is 2. The highest BCUT2D eigenvalue weighted by atomic mass is 16.2. The molecule has 2 amide bonds. The molecule has 1 aromatic carbocycles. The molecule has 0 spiro atoms. The monoisotopic (exact) mass is 492 g/mol. The van der Waals surface area contributed by atoms with Crippen molar-refractivity contribution in [3.63, 3.8) is 0 Å². The number of nitrogen functional groups attached to an aromatic ring is 1. The van der Waals surface area contributed by atoms with Gasteiger partial charge in [0, 0.05) is 48.4 Å². The van der Waals surface area contributed by atoms with Crippen LogP contribution in [0.3, 0.4) is 0 Å². The first-order valence-corrected chi connectivity index (χ1v) is 13.7. The van der Waals surface area contributed by atoms with Crippen LogP contribution in [0.4, 0.5) is 0 Å². The lowest BCUT2D eigenvalue weighted by Crippen LogP contribution is -2.55. The summed E-state index contributed by atoms with van der Waals surface area (Å²) in [6, 6.07) is 7.81. The van der Waals surface area contributed by atoms with E-state index in [9.17, 15) is 9.59 Å². The van der Waals surface area contributed by atoms with Gasteiger partial charge in [0.1, 0.15) is 11.9 Å². The number of amidine groups is 1. The molecule has 8 heteroatoms. The lowest BCUT2D eigenvalue weighted by Gasteiger charge is -2.36. The van der Waals surface area contributed by atoms with E-state index in [0.717, 1.165) is 81.0 Å². The number of carbonyl (C=O) groups excluding carboxylic acids is 2. The molecule has 3 aliphatic rings. The molecule has 3 fully saturated rings. The Morgan fingerprint density at radius 3 is 2.56 bits per heavy atom. The van der Waals surface area contributed by atoms with Crippen molar-refractivity contribution < 1.29 is 9.59 Å². The second kappa shape index (κ2) is 10.2. The number of carbonyl (C=O) groups is 2. The summed E-state index contributed by atoms with van der Waals surface area (Å²) in [7, 11) is 0. The Morgan fingerprint density at radius 2 is 1.83 bits per heavy atom. The predicted octanol–water partition coefficient (Wildman–Crippen LogP) is 3.17. The number of hydrogen-bond acceptors (Lipinski definition) is 4. The fraction of sp³-hybridized carbons (Fsp3) is 0.607. The summed E-state index contributed by atoms with van der Waals surface area (Å²) in [5.74, 6) is 0.475. The van der Waals surface area contributed by atoms with E-state index in [0.29, 0.717) is 6.54 Å². The van der Waals surface area contributed by atoms with Crippen molar-refractivity contribution in [1.29, 1.82) is 5.41 Å². The molecule has 2 aromatic rings. The highest BCUT2D eigenvalue weighted by molar-refractivity contribution is 5.98. The van der Waals surface area contributed by atoms with Gasteiger partial charge in [0.15, 0.2) is 0 Å². The third-order valence-electron chi connectivity index (χ3n) is 8.62. The van der Waals surface area contributed by atoms with E-state index in [1.165, 1.54) is 5.69 Å². The summed E-state index contributed by atoms with van der Waals surface area (Å²) in [6.45, 7) is 7.50. The van der Waals surface area contributed by atoms with Gasteiger partial charge in [-0.3, -0.25) is 15.0 Å². The number of nitrogens with zero attached hydrogens (tertiary/aromatic N) is 3. The van der Waals surface area contributed by atoms with Crippen molar-refractivity contribution in [2.75, 3.05) is 19.6 Å². The number of nitrogens with one attached hydrogen (secondary N) is 2. The van der Waals surface area contributed by atoms with E-state index in [-0.39, 0.29) is 41.7 Å². The van der Waals surface area contributed by atoms with Crippen LogP contribution < -0.4 is 11.1 Å². The van der Waals surface area contributed by atoms with Crippen LogP contribution in [-0.2, 0) is 16.1 Å². The molecule has 2 unspecified atom stereocenters. The molecule has 0 radical (unpaired) electrons. The number of hydrogen-bond donors (Lipinski definition) is 3. The quantitative estimate of drug-likeness (QED) is 0.425. The van der Waals surface area contributed by atoms with Crippen molar-refractivity contribution in [3.05, 3.63) is 35.5 Å². The first kappa shape index (κ1) is 24.8. The molecule has 4 N–H and O–H groups in total. The van der Waals surface area contributed by atoms with Gasteiger partial charge >= 0.3 is 0 Å². The maximum absolute atomic E-state index is 13.9. The summed E-state index contributed by atoms with van der Waals surface area (Å²) in [5.41, 5.74) is 8.77. The predicted molar refractivity (Wildman–Crippen MR) is 142 cm³/mol. The average Bonchev–Trinajstić information content (AvgIpc) is 3.65. The molecule has 194 valence electrons. The summed E-state index contributed by atoms with van der Waals surface area (Å²) in [4.78, 5) is 31.1. The van der Waals surface area contributed by atoms with Crippen molar-refractivity contribution in [3.8, 4) is 0 Å². The Balaban J connectivity index is 1.38. The van der Waals surface area contributed by atoms with Crippen LogP contribution in [0.25, 0.3) is 10.9 Å². The Morgan fingerprint density at radius 1 is 1.06 bits per heavy atom. The Bertz CT molecular complexity index is 1150. The summed E-state index contributed by atoms with van der Waals surface area (Å²) >= 11 is 0. The number of nitrogens with two attached hydrogens (primary N) is 1. The molecule has 0 aliphatic carbocycles. The van der Waals surface area contributed by atoms with Gasteiger partial charge < -0.3 is 25.4 Å². The Kier molecular flexibility index (Phi) is 7.06. The second-order valence-corrected chi connectivity index (χ2v) is 10.7. The fourth-order valence-corrected chi connectivity index (χ4v) is 6.70. The van der Waals surface area contributed by atoms with Gasteiger partial charge in [-0.2, -0.15) is 0 Å². The van der Waals surface area contributed by atoms with Crippen LogP contribution in [0.15, 0.2) is 24.3 Å². The molecular formula is C28H40N6O2. The second-order valence-electron chi connectivity index (χ2n) is 10.7. The van der Waals surface area contributed by atoms with Crippen LogP contribution in [-0.4, -0.2) is 69.8 Å². The molecule has 3 aliphatic heterocycles. The molecule has 36 heavy (non-hydrogen) atoms. The maximum Gasteiger partial charge on any atom is 0.245 e. The Hall–Kier alpha value is -2.87. The van der Waals surface area contributed by atoms with Crippen molar-refractivity contribution in [2.45, 2.75) is 89.4 Å². The zero-order chi connectivity index (χ0) is 25.4. The lowest BCUT2D eigenvalue weighted by atomic mass is 9.95. The van der Waals surface area contributed by atoms with Crippen LogP contribution in [0.2, 0.25) is 0 Å². The molecule has 5 rings (SSSR count). The SMILES string of the molecule is CCn1c(C(C)[C@@H]2CCCN2C(=O)[C@H]2CCCN2C(=O)C2CCCCN2)cc2ccc(C(=N)N)cc21. The number of fused-ring (bicyclic) bond motifs is 1. The number of aromatic nitrogens is 1. The zero-order valence-corrected chi connectivity index (χ0v) is 21.6. The molecule has 1 aromatic heterocycles. The average molecular weight is 493 g/mol. The largest absolute Gasteiger partial charge is 0.384 e. The van der Waals surface area contributed by atoms with Gasteiger partial charge in [0.2, 0.25) is 11.8 Å². The fourth-order valence-electron chi connectivity index (χ4n) is 6.70. The summed E-state index contributed by atoms with van der Waals surface area (Å²) < 4.78 is 2.30. The van der Waals surface area contributed by atoms with E-state index in [2.05, 4.69) is 34.7 Å². The number of piperidine rings is 1. The van der Waals surface area contributed by atoms with Gasteiger partial charge in [-0.15, -0.1) is 0 Å². The number of benzene rings is 1. The topological polar surface area (TPSA) is 107 Å². The third kappa shape index (κ3) is 4.40. The van der Waals surface area contributed by atoms with E-state index in [1.807, 2.05) is 23.1 Å². The van der Waals surface area contributed by atoms with Crippen molar-refractivity contribution >= 4 is 28.6 Å². The summed E-state index contributed by atoms with van der Waals surface area (Å²) in [5, 5.41) is 12.3. The Labute approximate surface area is 213 Å². The number of aryl methyl sites for hydroxylation is 1. The van der Waals surface area contributed by atoms with Gasteiger partial charge in [0.05, 0.1) is 6.04 Å². The van der Waals surface area contributed by atoms with Gasteiger partial charge in [-0.25, -0.2) is 0 Å². The minimum Gasteiger partial charge on any atom is -0.384 e. The molecule has 4 heterocycles. The van der Waals surface area contributed by atoms with E-state index >= 15 is 0 Å². The van der Waals surface area contributed by atoms with E-state index in [4.69, 9.17) is 11.1 Å². The van der Waals surface area contributed by atoms with E-state index in [1.54, 1.807) is 0 Å². The lowest BCUT2D eigenvalue weighted by molar-refractivity contribution is -0.145. The molecular weight excluding hydrogens is 452 g/mol. The molecule has 0 bridgehead atoms. The van der Waals surface area contributed by atoms with Crippen LogP contribution in [0.1, 0.15) is 76.0 Å². The van der Waals surface area contributed by atoms with Crippen molar-refractivity contribution in [2.24, 2.45) is 5.73 Å². The van der Waals surface area contributed by atoms with Gasteiger partial charge in [0.25, 0.3) is 0 Å². The minimum atomic E-state index is -0.329. The normalized spacial score (nSPS) is 25.4. The molecule has 0 saturated carbocycles. The number of rotatable bonds is 6. The molecule has 8 nitrogen and oxygen atoms in total. The minimum absolute atomic E-state index is 0.0713. The first-order chi connectivity index (χ1) is 17.4. The van der Waals surface area contributed by atoms with Gasteiger partial charge in [-0.1, -0.05) is 25.5 Å². The highest BCUT2D eigenvalue weighted by Gasteiger charge is 2.43. The van der Waals surface area contributed by atoms with Gasteiger partial charge in [-0.05, 0) is 69.5 Å². The maximum atomic E-state index is 13.9. The van der Waals surface area contributed by atoms with E-state index < -0.39 is 0 Å². The summed E-state index contributed by atoms with van der Waals surface area (Å²) in [6.07, 6.45) is 6.68. The van der Waals surface area contributed by atoms with Crippen LogP contribution >= 0.6 is 0 Å². The smallest absolute Gasteiger partial charge is 0.245 e. The molecule has 3 saturated heterocycles. The molecule has 4 atom stereocenters. The number of amides is 2.